The van der Waals surface area contributed by atoms with Crippen molar-refractivity contribution in [1.29, 1.82) is 0 Å². The van der Waals surface area contributed by atoms with E-state index in [1.54, 1.807) is 0 Å². The molecular formula is C15H22N2O2. The van der Waals surface area contributed by atoms with Gasteiger partial charge in [0.05, 0.1) is 11.6 Å². The van der Waals surface area contributed by atoms with E-state index in [1.807, 2.05) is 0 Å². The number of nitrogens with zero attached hydrogens (tertiary/aromatic N) is 2. The number of carbonyl (C=O) groups is 1. The van der Waals surface area contributed by atoms with Crippen molar-refractivity contribution < 1.29 is 9.90 Å². The number of hydrogen-bond acceptors (Lipinski definition) is 2. The second-order valence-electron chi connectivity index (χ2n) is 6.01. The van der Waals surface area contributed by atoms with Crippen LogP contribution in [0.5, 0.6) is 0 Å². The van der Waals surface area contributed by atoms with Crippen LogP contribution >= 0.6 is 0 Å². The predicted octanol–water partition coefficient (Wildman–Crippen LogP) is 2.89. The third-order valence-corrected chi connectivity index (χ3v) is 4.78. The summed E-state index contributed by atoms with van der Waals surface area (Å²) < 4.78 is 2.25. The minimum atomic E-state index is -0.653. The highest BCUT2D eigenvalue weighted by atomic mass is 16.4. The molecule has 1 aromatic heterocycles. The SMILES string of the molecule is Cc1nc(C2CCCCC2)c2n1CCC(C(=O)O)C2. The Balaban J connectivity index is 1.91. The van der Waals surface area contributed by atoms with E-state index in [0.29, 0.717) is 12.3 Å². The topological polar surface area (TPSA) is 55.1 Å². The van der Waals surface area contributed by atoms with Crippen LogP contribution in [0.4, 0.5) is 0 Å². The molecule has 1 unspecified atom stereocenters. The first-order valence-corrected chi connectivity index (χ1v) is 7.45. The summed E-state index contributed by atoms with van der Waals surface area (Å²) in [6, 6.07) is 0. The molecule has 0 bridgehead atoms. The molecule has 2 aliphatic rings. The van der Waals surface area contributed by atoms with Crippen molar-refractivity contribution in [1.82, 2.24) is 9.55 Å². The van der Waals surface area contributed by atoms with E-state index in [0.717, 1.165) is 18.8 Å². The first-order valence-electron chi connectivity index (χ1n) is 7.45. The Labute approximate surface area is 113 Å². The van der Waals surface area contributed by atoms with E-state index in [-0.39, 0.29) is 5.92 Å². The number of hydrogen-bond donors (Lipinski definition) is 1. The quantitative estimate of drug-likeness (QED) is 0.891. The summed E-state index contributed by atoms with van der Waals surface area (Å²) in [6.45, 7) is 2.87. The average Bonchev–Trinajstić information content (AvgIpc) is 2.77. The lowest BCUT2D eigenvalue weighted by Gasteiger charge is -2.25. The van der Waals surface area contributed by atoms with E-state index < -0.39 is 5.97 Å². The van der Waals surface area contributed by atoms with Crippen molar-refractivity contribution in [3.8, 4) is 0 Å². The largest absolute Gasteiger partial charge is 0.481 e. The van der Waals surface area contributed by atoms with Gasteiger partial charge in [0.15, 0.2) is 0 Å². The maximum atomic E-state index is 11.2. The van der Waals surface area contributed by atoms with E-state index in [9.17, 15) is 9.90 Å². The Kier molecular flexibility index (Phi) is 3.33. The lowest BCUT2D eigenvalue weighted by Crippen LogP contribution is -2.26. The summed E-state index contributed by atoms with van der Waals surface area (Å²) in [5.41, 5.74) is 2.42. The smallest absolute Gasteiger partial charge is 0.306 e. The molecule has 1 aliphatic carbocycles. The van der Waals surface area contributed by atoms with Gasteiger partial charge >= 0.3 is 5.97 Å². The Hall–Kier alpha value is -1.32. The number of carboxylic acids is 1. The van der Waals surface area contributed by atoms with Crippen LogP contribution in [0.25, 0.3) is 0 Å². The number of aromatic nitrogens is 2. The number of rotatable bonds is 2. The molecule has 2 heterocycles. The normalized spacial score (nSPS) is 24.2. The van der Waals surface area contributed by atoms with Crippen LogP contribution in [0.2, 0.25) is 0 Å². The minimum absolute atomic E-state index is 0.217. The number of fused-ring (bicyclic) bond motifs is 1. The molecule has 1 atom stereocenters. The third-order valence-electron chi connectivity index (χ3n) is 4.78. The molecule has 104 valence electrons. The molecule has 1 aliphatic heterocycles. The highest BCUT2D eigenvalue weighted by Crippen LogP contribution is 2.36. The van der Waals surface area contributed by atoms with Crippen LogP contribution in [0, 0.1) is 12.8 Å². The molecule has 0 amide bonds. The van der Waals surface area contributed by atoms with Gasteiger partial charge in [-0.1, -0.05) is 19.3 Å². The second kappa shape index (κ2) is 4.99. The van der Waals surface area contributed by atoms with Gasteiger partial charge in [-0.05, 0) is 26.2 Å². The standard InChI is InChI=1S/C15H22N2O2/c1-10-16-14(11-5-3-2-4-6-11)13-9-12(15(18)19)7-8-17(10)13/h11-12H,2-9H2,1H3,(H,18,19). The van der Waals surface area contributed by atoms with Crippen molar-refractivity contribution in [2.45, 2.75) is 64.3 Å². The van der Waals surface area contributed by atoms with Gasteiger partial charge in [0, 0.05) is 24.6 Å². The Morgan fingerprint density at radius 1 is 1.26 bits per heavy atom. The zero-order chi connectivity index (χ0) is 13.4. The summed E-state index contributed by atoms with van der Waals surface area (Å²) in [4.78, 5) is 16.0. The van der Waals surface area contributed by atoms with E-state index in [1.165, 1.54) is 43.5 Å². The van der Waals surface area contributed by atoms with Gasteiger partial charge in [-0.2, -0.15) is 0 Å². The van der Waals surface area contributed by atoms with E-state index in [2.05, 4.69) is 11.5 Å². The zero-order valence-corrected chi connectivity index (χ0v) is 11.6. The lowest BCUT2D eigenvalue weighted by atomic mass is 9.84. The van der Waals surface area contributed by atoms with E-state index >= 15 is 0 Å². The summed E-state index contributed by atoms with van der Waals surface area (Å²) in [6.07, 6.45) is 7.77. The second-order valence-corrected chi connectivity index (χ2v) is 6.01. The molecule has 19 heavy (non-hydrogen) atoms. The molecule has 0 spiro atoms. The average molecular weight is 262 g/mol. The van der Waals surface area contributed by atoms with Crippen LogP contribution in [-0.2, 0) is 17.8 Å². The van der Waals surface area contributed by atoms with Crippen LogP contribution < -0.4 is 0 Å². The fraction of sp³-hybridized carbons (Fsp3) is 0.733. The first-order chi connectivity index (χ1) is 9.16. The highest BCUT2D eigenvalue weighted by Gasteiger charge is 2.31. The summed E-state index contributed by atoms with van der Waals surface area (Å²) in [5.74, 6) is 0.765. The summed E-state index contributed by atoms with van der Waals surface area (Å²) >= 11 is 0. The molecule has 4 heteroatoms. The maximum Gasteiger partial charge on any atom is 0.306 e. The van der Waals surface area contributed by atoms with Crippen LogP contribution in [0.3, 0.4) is 0 Å². The van der Waals surface area contributed by atoms with Gasteiger partial charge in [0.25, 0.3) is 0 Å². The molecule has 0 radical (unpaired) electrons. The molecule has 1 saturated carbocycles. The van der Waals surface area contributed by atoms with Crippen LogP contribution in [0.1, 0.15) is 61.7 Å². The van der Waals surface area contributed by atoms with Gasteiger partial charge in [-0.25, -0.2) is 4.98 Å². The Bertz CT molecular complexity index is 487. The molecule has 0 saturated heterocycles. The number of imidazole rings is 1. The van der Waals surface area contributed by atoms with Crippen molar-refractivity contribution in [2.75, 3.05) is 0 Å². The zero-order valence-electron chi connectivity index (χ0n) is 11.6. The Morgan fingerprint density at radius 2 is 2.00 bits per heavy atom. The first kappa shape index (κ1) is 12.7. The van der Waals surface area contributed by atoms with Gasteiger partial charge < -0.3 is 9.67 Å². The van der Waals surface area contributed by atoms with Gasteiger partial charge in [-0.15, -0.1) is 0 Å². The summed E-state index contributed by atoms with van der Waals surface area (Å²) in [7, 11) is 0. The minimum Gasteiger partial charge on any atom is -0.481 e. The molecule has 3 rings (SSSR count). The van der Waals surface area contributed by atoms with Gasteiger partial charge in [0.1, 0.15) is 5.82 Å². The van der Waals surface area contributed by atoms with Crippen molar-refractivity contribution in [3.05, 3.63) is 17.2 Å². The van der Waals surface area contributed by atoms with Crippen LogP contribution in [0.15, 0.2) is 0 Å². The predicted molar refractivity (Wildman–Crippen MR) is 72.2 cm³/mol. The molecule has 1 N–H and O–H groups in total. The molecule has 4 nitrogen and oxygen atoms in total. The summed E-state index contributed by atoms with van der Waals surface area (Å²) in [5, 5.41) is 9.24. The fourth-order valence-electron chi connectivity index (χ4n) is 3.68. The monoisotopic (exact) mass is 262 g/mol. The maximum absolute atomic E-state index is 11.2. The van der Waals surface area contributed by atoms with Crippen molar-refractivity contribution >= 4 is 5.97 Å². The molecular weight excluding hydrogens is 240 g/mol. The van der Waals surface area contributed by atoms with Crippen molar-refractivity contribution in [3.63, 3.8) is 0 Å². The molecule has 1 fully saturated rings. The third kappa shape index (κ3) is 2.28. The Morgan fingerprint density at radius 3 is 2.68 bits per heavy atom. The fourth-order valence-corrected chi connectivity index (χ4v) is 3.68. The number of aliphatic carboxylic acids is 1. The van der Waals surface area contributed by atoms with Gasteiger partial charge in [0.2, 0.25) is 0 Å². The highest BCUT2D eigenvalue weighted by molar-refractivity contribution is 5.70. The van der Waals surface area contributed by atoms with Crippen LogP contribution in [-0.4, -0.2) is 20.6 Å². The molecule has 1 aromatic rings. The van der Waals surface area contributed by atoms with Gasteiger partial charge in [-0.3, -0.25) is 4.79 Å². The number of aryl methyl sites for hydroxylation is 1. The number of carboxylic acid groups (broad SMARTS) is 1. The molecule has 0 aromatic carbocycles. The van der Waals surface area contributed by atoms with Crippen molar-refractivity contribution in [2.24, 2.45) is 5.92 Å². The lowest BCUT2D eigenvalue weighted by molar-refractivity contribution is -0.142. The van der Waals surface area contributed by atoms with E-state index in [4.69, 9.17) is 4.98 Å².